The molecule has 2 fully saturated rings. The van der Waals surface area contributed by atoms with Gasteiger partial charge in [-0.25, -0.2) is 0 Å². The number of aromatic nitrogens is 3. The van der Waals surface area contributed by atoms with Gasteiger partial charge in [-0.3, -0.25) is 9.78 Å². The number of hydrogen-bond acceptors (Lipinski definition) is 8. The third-order valence-corrected chi connectivity index (χ3v) is 8.62. The van der Waals surface area contributed by atoms with E-state index in [1.54, 1.807) is 4.90 Å². The largest absolute Gasteiger partial charge is 0.462 e. The third-order valence-electron chi connectivity index (χ3n) is 8.31. The average Bonchev–Trinajstić information content (AvgIpc) is 3.43. The highest BCUT2D eigenvalue weighted by Gasteiger charge is 2.31. The molecule has 6 rings (SSSR count). The number of benzene rings is 2. The number of nitrogens with zero attached hydrogens (tertiary/aromatic N) is 7. The molecule has 0 unspecified atom stereocenters. The zero-order chi connectivity index (χ0) is 29.2. The van der Waals surface area contributed by atoms with E-state index in [1.165, 1.54) is 6.08 Å². The minimum Gasteiger partial charge on any atom is -0.462 e. The molecule has 0 aliphatic carbocycles. The molecule has 0 saturated carbocycles. The lowest BCUT2D eigenvalue weighted by Crippen LogP contribution is -2.55. The molecule has 2 aromatic carbocycles. The van der Waals surface area contributed by atoms with Crippen molar-refractivity contribution >= 4 is 82.4 Å². The molecule has 9 nitrogen and oxygen atoms in total. The summed E-state index contributed by atoms with van der Waals surface area (Å²) in [4.78, 5) is 33.1. The van der Waals surface area contributed by atoms with Crippen LogP contribution in [0.4, 0.5) is 5.82 Å². The fourth-order valence-corrected chi connectivity index (χ4v) is 6.33. The van der Waals surface area contributed by atoms with E-state index in [0.717, 1.165) is 41.3 Å². The summed E-state index contributed by atoms with van der Waals surface area (Å²) in [5.74, 6) is 0.453. The summed E-state index contributed by atoms with van der Waals surface area (Å²) in [7, 11) is 2.11. The number of likely N-dealkylation sites (N-methyl/N-ethyl adjacent to an activating group) is 1. The van der Waals surface area contributed by atoms with Crippen molar-refractivity contribution in [3.05, 3.63) is 66.3 Å². The topological polar surface area (TPSA) is 98.5 Å². The van der Waals surface area contributed by atoms with Crippen LogP contribution in [0.25, 0.3) is 32.9 Å². The van der Waals surface area contributed by atoms with Crippen LogP contribution in [0.1, 0.15) is 19.3 Å². The fraction of sp³-hybridized carbons (Fsp3) is 0.344. The molecule has 4 aromatic rings. The van der Waals surface area contributed by atoms with Gasteiger partial charge in [-0.1, -0.05) is 48.5 Å². The number of ether oxygens (including phenoxy) is 1. The number of carbonyl (C=O) groups is 1. The van der Waals surface area contributed by atoms with Gasteiger partial charge in [0, 0.05) is 47.8 Å². The van der Waals surface area contributed by atoms with Crippen LogP contribution in [0.5, 0.6) is 6.01 Å². The van der Waals surface area contributed by atoms with Gasteiger partial charge in [0.2, 0.25) is 5.91 Å². The minimum atomic E-state index is -0.298. The van der Waals surface area contributed by atoms with Gasteiger partial charge in [0.15, 0.2) is 5.82 Å². The molecule has 1 amide bonds. The van der Waals surface area contributed by atoms with E-state index in [-0.39, 0.29) is 61.6 Å². The summed E-state index contributed by atoms with van der Waals surface area (Å²) in [5, 5.41) is 12.2. The van der Waals surface area contributed by atoms with Gasteiger partial charge in [-0.2, -0.15) is 15.2 Å². The van der Waals surface area contributed by atoms with Crippen molar-refractivity contribution in [1.29, 1.82) is 5.26 Å². The number of likely N-dealkylation sites (tertiary alicyclic amines) is 1. The van der Waals surface area contributed by atoms with Crippen molar-refractivity contribution in [1.82, 2.24) is 24.8 Å². The molecule has 2 aliphatic rings. The SMILES string of the molecule is C=CC(=O)N1CCN(c2nc(OC[C@@H]3CCCN3C)nc3cc(-c4cccc5cccc(Cl)c45)cnc23)C[C@@H]1CC#N.Cl.Cl.Cl. The first kappa shape index (κ1) is 36.1. The zero-order valence-electron chi connectivity index (χ0n) is 24.8. The van der Waals surface area contributed by atoms with E-state index in [4.69, 9.17) is 31.3 Å². The first-order valence-electron chi connectivity index (χ1n) is 14.2. The van der Waals surface area contributed by atoms with Crippen LogP contribution >= 0.6 is 48.8 Å². The summed E-state index contributed by atoms with van der Waals surface area (Å²) >= 11 is 6.65. The summed E-state index contributed by atoms with van der Waals surface area (Å²) in [6.45, 7) is 6.58. The Morgan fingerprint density at radius 1 is 1.13 bits per heavy atom. The number of hydrogen-bond donors (Lipinski definition) is 0. The number of fused-ring (bicyclic) bond motifs is 2. The van der Waals surface area contributed by atoms with Crippen LogP contribution in [0, 0.1) is 11.3 Å². The Kier molecular flexibility index (Phi) is 12.6. The predicted molar refractivity (Wildman–Crippen MR) is 186 cm³/mol. The molecule has 45 heavy (non-hydrogen) atoms. The quantitative estimate of drug-likeness (QED) is 0.207. The van der Waals surface area contributed by atoms with E-state index < -0.39 is 0 Å². The Morgan fingerprint density at radius 3 is 2.62 bits per heavy atom. The first-order chi connectivity index (χ1) is 20.5. The van der Waals surface area contributed by atoms with Gasteiger partial charge in [-0.15, -0.1) is 37.2 Å². The van der Waals surface area contributed by atoms with E-state index in [0.29, 0.717) is 54.2 Å². The maximum Gasteiger partial charge on any atom is 0.319 e. The molecule has 2 aromatic heterocycles. The summed E-state index contributed by atoms with van der Waals surface area (Å²) in [6, 6.07) is 16.5. The molecule has 2 aliphatic heterocycles. The van der Waals surface area contributed by atoms with Crippen LogP contribution < -0.4 is 9.64 Å². The van der Waals surface area contributed by atoms with Crippen molar-refractivity contribution in [3.63, 3.8) is 0 Å². The number of halogens is 4. The monoisotopic (exact) mass is 689 g/mol. The third kappa shape index (κ3) is 7.37. The number of piperazine rings is 1. The lowest BCUT2D eigenvalue weighted by Gasteiger charge is -2.40. The van der Waals surface area contributed by atoms with Crippen LogP contribution in [0.3, 0.4) is 0 Å². The molecule has 0 radical (unpaired) electrons. The van der Waals surface area contributed by atoms with Gasteiger partial charge in [0.25, 0.3) is 0 Å². The number of carbonyl (C=O) groups excluding carboxylic acids is 1. The second-order valence-electron chi connectivity index (χ2n) is 10.9. The normalized spacial score (nSPS) is 18.0. The van der Waals surface area contributed by atoms with Crippen molar-refractivity contribution in [2.24, 2.45) is 0 Å². The molecule has 2 atom stereocenters. The molecule has 0 bridgehead atoms. The fourth-order valence-electron chi connectivity index (χ4n) is 6.05. The van der Waals surface area contributed by atoms with Gasteiger partial charge in [-0.05, 0) is 55.6 Å². The summed E-state index contributed by atoms with van der Waals surface area (Å²) < 4.78 is 6.22. The number of nitriles is 1. The first-order valence-corrected chi connectivity index (χ1v) is 14.6. The Morgan fingerprint density at radius 2 is 1.91 bits per heavy atom. The van der Waals surface area contributed by atoms with Crippen LogP contribution in [0.2, 0.25) is 5.02 Å². The molecular weight excluding hydrogens is 656 g/mol. The predicted octanol–water partition coefficient (Wildman–Crippen LogP) is 6.35. The van der Waals surface area contributed by atoms with E-state index in [9.17, 15) is 10.1 Å². The minimum absolute atomic E-state index is 0. The number of pyridine rings is 1. The number of amides is 1. The average molecular weight is 691 g/mol. The summed E-state index contributed by atoms with van der Waals surface area (Å²) in [6.07, 6.45) is 5.54. The van der Waals surface area contributed by atoms with Crippen LogP contribution in [-0.4, -0.2) is 82.6 Å². The maximum atomic E-state index is 12.5. The van der Waals surface area contributed by atoms with Crippen molar-refractivity contribution in [2.75, 3.05) is 44.7 Å². The lowest BCUT2D eigenvalue weighted by atomic mass is 9.99. The van der Waals surface area contributed by atoms with Crippen LogP contribution in [-0.2, 0) is 4.79 Å². The highest BCUT2D eigenvalue weighted by molar-refractivity contribution is 6.36. The lowest BCUT2D eigenvalue weighted by molar-refractivity contribution is -0.128. The summed E-state index contributed by atoms with van der Waals surface area (Å²) in [5.41, 5.74) is 3.14. The van der Waals surface area contributed by atoms with Gasteiger partial charge in [0.1, 0.15) is 12.1 Å². The van der Waals surface area contributed by atoms with E-state index >= 15 is 0 Å². The molecule has 0 N–H and O–H groups in total. The molecule has 238 valence electrons. The standard InChI is InChI=1S/C32H32ClN7O2.3ClH/c1-3-28(41)40-16-15-39(19-23(40)12-13-34)31-30-27(36-32(37-31)42-20-24-9-6-14-38(24)2)17-22(18-35-30)25-10-4-7-21-8-5-11-26(33)29(21)25;;;/h3-5,7-8,10-11,17-18,23-24H,1,6,9,12,14-16,19-20H2,2H3;3*1H/t23-,24-;;;/m0.../s1. The van der Waals surface area contributed by atoms with Gasteiger partial charge >= 0.3 is 6.01 Å². The van der Waals surface area contributed by atoms with Gasteiger partial charge in [0.05, 0.1) is 24.0 Å². The Balaban J connectivity index is 0.00000184. The molecule has 0 spiro atoms. The molecule has 13 heteroatoms. The van der Waals surface area contributed by atoms with Gasteiger partial charge < -0.3 is 19.4 Å². The number of anilines is 1. The number of rotatable bonds is 7. The Hall–Kier alpha value is -3.39. The van der Waals surface area contributed by atoms with Crippen molar-refractivity contribution < 1.29 is 9.53 Å². The van der Waals surface area contributed by atoms with Crippen molar-refractivity contribution in [2.45, 2.75) is 31.3 Å². The maximum absolute atomic E-state index is 12.5. The van der Waals surface area contributed by atoms with Crippen LogP contribution in [0.15, 0.2) is 61.3 Å². The second-order valence-corrected chi connectivity index (χ2v) is 11.3. The Bertz CT molecular complexity index is 1710. The Labute approximate surface area is 286 Å². The molecule has 4 heterocycles. The highest BCUT2D eigenvalue weighted by Crippen LogP contribution is 2.36. The second kappa shape index (κ2) is 15.7. The molecular formula is C32H35Cl4N7O2. The molecule has 2 saturated heterocycles. The zero-order valence-corrected chi connectivity index (χ0v) is 28.0. The van der Waals surface area contributed by atoms with Crippen molar-refractivity contribution in [3.8, 4) is 23.2 Å². The van der Waals surface area contributed by atoms with E-state index in [2.05, 4.69) is 29.5 Å². The smallest absolute Gasteiger partial charge is 0.319 e. The van der Waals surface area contributed by atoms with E-state index in [1.807, 2.05) is 48.7 Å². The highest BCUT2D eigenvalue weighted by atomic mass is 35.5.